The highest BCUT2D eigenvalue weighted by Crippen LogP contribution is 2.28. The van der Waals surface area contributed by atoms with E-state index in [1.165, 1.54) is 7.11 Å². The molecule has 0 atom stereocenters. The molecule has 0 saturated heterocycles. The third-order valence-corrected chi connectivity index (χ3v) is 5.28. The Morgan fingerprint density at radius 1 is 1.19 bits per heavy atom. The number of fused-ring (bicyclic) bond motifs is 2. The van der Waals surface area contributed by atoms with Crippen LogP contribution >= 0.6 is 11.6 Å². The van der Waals surface area contributed by atoms with Crippen molar-refractivity contribution < 1.29 is 9.53 Å². The molecule has 0 bridgehead atoms. The lowest BCUT2D eigenvalue weighted by Gasteiger charge is -2.17. The molecule has 2 aromatic carbocycles. The van der Waals surface area contributed by atoms with Crippen molar-refractivity contribution in [2.24, 2.45) is 0 Å². The molecule has 2 N–H and O–H groups in total. The maximum atomic E-state index is 12.9. The Kier molecular flexibility index (Phi) is 4.62. The number of methoxy groups -OCH3 is 1. The van der Waals surface area contributed by atoms with Gasteiger partial charge in [-0.3, -0.25) is 9.59 Å². The lowest BCUT2D eigenvalue weighted by atomic mass is 9.93. The third-order valence-electron chi connectivity index (χ3n) is 4.98. The number of amides is 1. The van der Waals surface area contributed by atoms with Crippen molar-refractivity contribution in [1.82, 2.24) is 4.98 Å². The number of rotatable bonds is 3. The molecule has 4 rings (SSSR count). The van der Waals surface area contributed by atoms with E-state index in [-0.39, 0.29) is 11.3 Å². The van der Waals surface area contributed by atoms with Crippen LogP contribution in [0, 0.1) is 0 Å². The van der Waals surface area contributed by atoms with Crippen LogP contribution in [0.5, 0.6) is 5.75 Å². The van der Waals surface area contributed by atoms with Crippen LogP contribution in [0.2, 0.25) is 5.02 Å². The van der Waals surface area contributed by atoms with Crippen molar-refractivity contribution in [3.63, 3.8) is 0 Å². The first-order valence-electron chi connectivity index (χ1n) is 8.90. The van der Waals surface area contributed by atoms with Crippen LogP contribution in [0.4, 0.5) is 5.69 Å². The molecular formula is C21H19ClN2O3. The first-order chi connectivity index (χ1) is 13.1. The van der Waals surface area contributed by atoms with E-state index >= 15 is 0 Å². The maximum Gasteiger partial charge on any atom is 0.257 e. The molecule has 27 heavy (non-hydrogen) atoms. The van der Waals surface area contributed by atoms with Crippen LogP contribution in [0.1, 0.15) is 34.5 Å². The summed E-state index contributed by atoms with van der Waals surface area (Å²) < 4.78 is 5.13. The number of hydrogen-bond acceptors (Lipinski definition) is 3. The summed E-state index contributed by atoms with van der Waals surface area (Å²) in [6.07, 6.45) is 3.71. The molecule has 1 aliphatic rings. The van der Waals surface area contributed by atoms with E-state index in [1.807, 2.05) is 0 Å². The van der Waals surface area contributed by atoms with Gasteiger partial charge in [-0.1, -0.05) is 17.7 Å². The van der Waals surface area contributed by atoms with Gasteiger partial charge in [0, 0.05) is 22.3 Å². The number of halogens is 1. The van der Waals surface area contributed by atoms with E-state index in [0.29, 0.717) is 32.9 Å². The van der Waals surface area contributed by atoms with Gasteiger partial charge in [0.15, 0.2) is 5.43 Å². The quantitative estimate of drug-likeness (QED) is 0.708. The molecule has 0 saturated carbocycles. The standard InChI is InChI=1S/C21H19ClN2O3/c1-27-18-10-9-12(11-16(18)22)23-21(26)15-7-4-6-14-19(15)24-17-8-3-2-5-13(17)20(14)25/h4,6-7,9-11H,2-3,5,8H2,1H3,(H,23,26)(H,24,25). The predicted octanol–water partition coefficient (Wildman–Crippen LogP) is 4.32. The molecule has 0 aliphatic heterocycles. The van der Waals surface area contributed by atoms with E-state index in [0.717, 1.165) is 36.9 Å². The van der Waals surface area contributed by atoms with Gasteiger partial charge in [0.2, 0.25) is 0 Å². The zero-order valence-electron chi connectivity index (χ0n) is 14.9. The summed E-state index contributed by atoms with van der Waals surface area (Å²) in [6, 6.07) is 10.3. The number of ether oxygens (including phenoxy) is 1. The van der Waals surface area contributed by atoms with Crippen molar-refractivity contribution in [2.45, 2.75) is 25.7 Å². The summed E-state index contributed by atoms with van der Waals surface area (Å²) in [5, 5.41) is 3.81. The minimum absolute atomic E-state index is 0.0283. The zero-order chi connectivity index (χ0) is 19.0. The number of carbonyl (C=O) groups is 1. The van der Waals surface area contributed by atoms with Gasteiger partial charge in [0.05, 0.1) is 23.2 Å². The van der Waals surface area contributed by atoms with Crippen LogP contribution in [0.15, 0.2) is 41.2 Å². The molecule has 3 aromatic rings. The van der Waals surface area contributed by atoms with E-state index < -0.39 is 0 Å². The fraction of sp³-hybridized carbons (Fsp3) is 0.238. The average Bonchev–Trinajstić information content (AvgIpc) is 2.68. The van der Waals surface area contributed by atoms with E-state index in [2.05, 4.69) is 10.3 Å². The van der Waals surface area contributed by atoms with Gasteiger partial charge >= 0.3 is 0 Å². The van der Waals surface area contributed by atoms with Crippen molar-refractivity contribution in [3.05, 3.63) is 68.5 Å². The largest absolute Gasteiger partial charge is 0.495 e. The van der Waals surface area contributed by atoms with E-state index in [9.17, 15) is 9.59 Å². The number of nitrogens with one attached hydrogen (secondary N) is 2. The fourth-order valence-electron chi connectivity index (χ4n) is 3.62. The Labute approximate surface area is 161 Å². The second-order valence-corrected chi connectivity index (χ2v) is 7.06. The lowest BCUT2D eigenvalue weighted by molar-refractivity contribution is 0.102. The number of hydrogen-bond donors (Lipinski definition) is 2. The highest BCUT2D eigenvalue weighted by Gasteiger charge is 2.19. The Morgan fingerprint density at radius 2 is 2.00 bits per heavy atom. The van der Waals surface area contributed by atoms with Crippen molar-refractivity contribution in [2.75, 3.05) is 12.4 Å². The van der Waals surface area contributed by atoms with Crippen molar-refractivity contribution in [3.8, 4) is 5.75 Å². The first-order valence-corrected chi connectivity index (χ1v) is 9.28. The smallest absolute Gasteiger partial charge is 0.257 e. The normalized spacial score (nSPS) is 13.3. The second kappa shape index (κ2) is 7.08. The number of aryl methyl sites for hydroxylation is 1. The number of H-pyrrole nitrogens is 1. The first kappa shape index (κ1) is 17.6. The van der Waals surface area contributed by atoms with Crippen LogP contribution in [-0.2, 0) is 12.8 Å². The molecule has 0 radical (unpaired) electrons. The van der Waals surface area contributed by atoms with Crippen LogP contribution in [0.25, 0.3) is 10.9 Å². The molecule has 1 aliphatic carbocycles. The van der Waals surface area contributed by atoms with Gasteiger partial charge in [-0.05, 0) is 56.0 Å². The number of benzene rings is 2. The molecule has 5 nitrogen and oxygen atoms in total. The Bertz CT molecular complexity index is 1100. The molecule has 1 amide bonds. The van der Waals surface area contributed by atoms with Crippen LogP contribution in [-0.4, -0.2) is 18.0 Å². The van der Waals surface area contributed by atoms with E-state index in [4.69, 9.17) is 16.3 Å². The van der Waals surface area contributed by atoms with Gasteiger partial charge in [-0.2, -0.15) is 0 Å². The molecule has 6 heteroatoms. The predicted molar refractivity (Wildman–Crippen MR) is 107 cm³/mol. The molecule has 1 aromatic heterocycles. The minimum atomic E-state index is -0.298. The number of pyridine rings is 1. The summed E-state index contributed by atoms with van der Waals surface area (Å²) >= 11 is 6.13. The zero-order valence-corrected chi connectivity index (χ0v) is 15.7. The van der Waals surface area contributed by atoms with Gasteiger partial charge in [-0.15, -0.1) is 0 Å². The minimum Gasteiger partial charge on any atom is -0.495 e. The molecule has 0 unspecified atom stereocenters. The van der Waals surface area contributed by atoms with Crippen LogP contribution in [0.3, 0.4) is 0 Å². The lowest BCUT2D eigenvalue weighted by Crippen LogP contribution is -2.20. The van der Waals surface area contributed by atoms with Gasteiger partial charge in [0.25, 0.3) is 5.91 Å². The van der Waals surface area contributed by atoms with E-state index in [1.54, 1.807) is 36.4 Å². The molecule has 1 heterocycles. The Morgan fingerprint density at radius 3 is 2.78 bits per heavy atom. The number of carbonyl (C=O) groups excluding carboxylic acids is 1. The number of aromatic amines is 1. The Balaban J connectivity index is 1.75. The maximum absolute atomic E-state index is 12.9. The van der Waals surface area contributed by atoms with Crippen LogP contribution < -0.4 is 15.5 Å². The highest BCUT2D eigenvalue weighted by atomic mass is 35.5. The number of para-hydroxylation sites is 1. The fourth-order valence-corrected chi connectivity index (χ4v) is 3.87. The van der Waals surface area contributed by atoms with Crippen molar-refractivity contribution >= 4 is 34.1 Å². The van der Waals surface area contributed by atoms with Gasteiger partial charge in [0.1, 0.15) is 5.75 Å². The number of anilines is 1. The SMILES string of the molecule is COc1ccc(NC(=O)c2cccc3c(=O)c4c([nH]c23)CCCC4)cc1Cl. The molecular weight excluding hydrogens is 364 g/mol. The average molecular weight is 383 g/mol. The summed E-state index contributed by atoms with van der Waals surface area (Å²) in [5.41, 5.74) is 3.41. The monoisotopic (exact) mass is 382 g/mol. The molecule has 0 spiro atoms. The topological polar surface area (TPSA) is 71.2 Å². The third kappa shape index (κ3) is 3.19. The Hall–Kier alpha value is -2.79. The van der Waals surface area contributed by atoms with Gasteiger partial charge in [-0.25, -0.2) is 0 Å². The summed E-state index contributed by atoms with van der Waals surface area (Å²) in [4.78, 5) is 29.1. The van der Waals surface area contributed by atoms with Gasteiger partial charge < -0.3 is 15.0 Å². The summed E-state index contributed by atoms with van der Waals surface area (Å²) in [5.74, 6) is 0.240. The van der Waals surface area contributed by atoms with Crippen molar-refractivity contribution in [1.29, 1.82) is 0 Å². The highest BCUT2D eigenvalue weighted by molar-refractivity contribution is 6.32. The number of aromatic nitrogens is 1. The summed E-state index contributed by atoms with van der Waals surface area (Å²) in [6.45, 7) is 0. The summed E-state index contributed by atoms with van der Waals surface area (Å²) in [7, 11) is 1.53. The second-order valence-electron chi connectivity index (χ2n) is 6.65. The molecule has 138 valence electrons. The molecule has 0 fully saturated rings.